The predicted molar refractivity (Wildman–Crippen MR) is 129 cm³/mol. The Kier molecular flexibility index (Phi) is 7.04. The summed E-state index contributed by atoms with van der Waals surface area (Å²) in [5.74, 6) is 0.545. The van der Waals surface area contributed by atoms with Crippen LogP contribution in [0.5, 0.6) is 5.75 Å². The largest absolute Gasteiger partial charge is 0.494 e. The summed E-state index contributed by atoms with van der Waals surface area (Å²) in [6.07, 6.45) is 0. The van der Waals surface area contributed by atoms with E-state index < -0.39 is 5.25 Å². The van der Waals surface area contributed by atoms with E-state index in [-0.39, 0.29) is 11.9 Å². The van der Waals surface area contributed by atoms with E-state index in [1.165, 1.54) is 11.8 Å². The number of tetrazole rings is 1. The summed E-state index contributed by atoms with van der Waals surface area (Å²) >= 11 is 1.30. The topological polar surface area (TPSA) is 81.9 Å². The van der Waals surface area contributed by atoms with E-state index in [1.54, 1.807) is 11.8 Å². The molecule has 4 rings (SSSR count). The summed E-state index contributed by atoms with van der Waals surface area (Å²) in [7, 11) is 1.61. The van der Waals surface area contributed by atoms with Gasteiger partial charge in [0.25, 0.3) is 0 Å². The zero-order valence-corrected chi connectivity index (χ0v) is 19.5. The zero-order chi connectivity index (χ0) is 23.2. The summed E-state index contributed by atoms with van der Waals surface area (Å²) < 4.78 is 7.08. The Bertz CT molecular complexity index is 1170. The minimum absolute atomic E-state index is 0.108. The molecule has 0 radical (unpaired) electrons. The summed E-state index contributed by atoms with van der Waals surface area (Å²) in [4.78, 5) is 13.2. The molecule has 0 spiro atoms. The Morgan fingerprint density at radius 2 is 1.64 bits per heavy atom. The summed E-state index contributed by atoms with van der Waals surface area (Å²) in [5.41, 5.74) is 3.81. The number of hydrogen-bond donors (Lipinski definition) is 1. The Labute approximate surface area is 197 Å². The van der Waals surface area contributed by atoms with Crippen LogP contribution < -0.4 is 10.1 Å². The van der Waals surface area contributed by atoms with E-state index in [0.717, 1.165) is 22.4 Å². The van der Waals surface area contributed by atoms with Crippen LogP contribution in [-0.2, 0) is 4.79 Å². The smallest absolute Gasteiger partial charge is 0.234 e. The molecule has 0 aliphatic rings. The van der Waals surface area contributed by atoms with Crippen molar-refractivity contribution in [2.24, 2.45) is 0 Å². The Morgan fingerprint density at radius 3 is 2.24 bits per heavy atom. The lowest BCUT2D eigenvalue weighted by Gasteiger charge is -2.22. The van der Waals surface area contributed by atoms with E-state index >= 15 is 0 Å². The summed E-state index contributed by atoms with van der Waals surface area (Å²) in [5, 5.41) is 15.4. The van der Waals surface area contributed by atoms with Crippen LogP contribution in [0.25, 0.3) is 5.69 Å². The van der Waals surface area contributed by atoms with Crippen LogP contribution in [0.15, 0.2) is 84.0 Å². The number of thioether (sulfide) groups is 1. The third-order valence-corrected chi connectivity index (χ3v) is 6.24. The fourth-order valence-electron chi connectivity index (χ4n) is 3.49. The van der Waals surface area contributed by atoms with E-state index in [9.17, 15) is 4.79 Å². The highest BCUT2D eigenvalue weighted by Gasteiger charge is 2.24. The fraction of sp³-hybridized carbons (Fsp3) is 0.200. The first kappa shape index (κ1) is 22.5. The lowest BCUT2D eigenvalue weighted by molar-refractivity contribution is -0.120. The van der Waals surface area contributed by atoms with Crippen molar-refractivity contribution in [2.45, 2.75) is 30.3 Å². The van der Waals surface area contributed by atoms with Crippen LogP contribution >= 0.6 is 11.8 Å². The normalized spacial score (nSPS) is 11.9. The summed E-state index contributed by atoms with van der Waals surface area (Å²) in [6, 6.07) is 25.4. The number of amides is 1. The second kappa shape index (κ2) is 10.3. The summed E-state index contributed by atoms with van der Waals surface area (Å²) in [6.45, 7) is 3.84. The SMILES string of the molecule is COc1ccc(C)cc1-n1nnnc1S[C@@H](C)C(=O)NC(c1ccccc1)c1ccccc1. The molecular weight excluding hydrogens is 434 g/mol. The number of hydrogen-bond acceptors (Lipinski definition) is 6. The molecule has 1 aromatic heterocycles. The molecule has 1 atom stereocenters. The Morgan fingerprint density at radius 1 is 1.00 bits per heavy atom. The van der Waals surface area contributed by atoms with Gasteiger partial charge in [-0.2, -0.15) is 4.68 Å². The first-order valence-corrected chi connectivity index (χ1v) is 11.4. The maximum Gasteiger partial charge on any atom is 0.234 e. The molecule has 3 aromatic carbocycles. The number of carbonyl (C=O) groups excluding carboxylic acids is 1. The number of methoxy groups -OCH3 is 1. The molecular formula is C25H25N5O2S. The number of aromatic nitrogens is 4. The van der Waals surface area contributed by atoms with E-state index in [2.05, 4.69) is 20.8 Å². The first-order chi connectivity index (χ1) is 16.1. The highest BCUT2D eigenvalue weighted by atomic mass is 32.2. The molecule has 0 unspecified atom stereocenters. The van der Waals surface area contributed by atoms with Gasteiger partial charge in [-0.05, 0) is 53.1 Å². The maximum absolute atomic E-state index is 13.2. The molecule has 1 heterocycles. The van der Waals surface area contributed by atoms with Gasteiger partial charge in [0.05, 0.1) is 18.4 Å². The number of nitrogens with zero attached hydrogens (tertiary/aromatic N) is 4. The van der Waals surface area contributed by atoms with Gasteiger partial charge in [-0.25, -0.2) is 0 Å². The van der Waals surface area contributed by atoms with Gasteiger partial charge in [0.1, 0.15) is 11.4 Å². The van der Waals surface area contributed by atoms with Gasteiger partial charge < -0.3 is 10.1 Å². The minimum atomic E-state index is -0.430. The van der Waals surface area contributed by atoms with Gasteiger partial charge in [0.15, 0.2) is 0 Å². The number of aryl methyl sites for hydroxylation is 1. The molecule has 33 heavy (non-hydrogen) atoms. The fourth-order valence-corrected chi connectivity index (χ4v) is 4.30. The van der Waals surface area contributed by atoms with E-state index in [1.807, 2.05) is 92.7 Å². The standard InChI is InChI=1S/C25H25N5O2S/c1-17-14-15-22(32-3)21(16-17)30-25(27-28-29-30)33-18(2)24(31)26-23(19-10-6-4-7-11-19)20-12-8-5-9-13-20/h4-16,18,23H,1-3H3,(H,26,31)/t18-/m0/s1. The minimum Gasteiger partial charge on any atom is -0.494 e. The highest BCUT2D eigenvalue weighted by Crippen LogP contribution is 2.29. The average Bonchev–Trinajstić information content (AvgIpc) is 3.31. The second-order valence-corrected chi connectivity index (χ2v) is 8.88. The Balaban J connectivity index is 1.55. The monoisotopic (exact) mass is 459 g/mol. The van der Waals surface area contributed by atoms with Crippen molar-refractivity contribution in [3.63, 3.8) is 0 Å². The number of benzene rings is 3. The van der Waals surface area contributed by atoms with Gasteiger partial charge in [0, 0.05) is 0 Å². The van der Waals surface area contributed by atoms with Crippen molar-refractivity contribution in [1.29, 1.82) is 0 Å². The molecule has 0 aliphatic heterocycles. The lowest BCUT2D eigenvalue weighted by Crippen LogP contribution is -2.35. The third kappa shape index (κ3) is 5.23. The highest BCUT2D eigenvalue weighted by molar-refractivity contribution is 8.00. The Hall–Kier alpha value is -3.65. The van der Waals surface area contributed by atoms with Crippen LogP contribution in [0.2, 0.25) is 0 Å². The predicted octanol–water partition coefficient (Wildman–Crippen LogP) is 4.37. The molecule has 0 saturated carbocycles. The van der Waals surface area contributed by atoms with Gasteiger partial charge >= 0.3 is 0 Å². The van der Waals surface area contributed by atoms with Crippen LogP contribution in [0.4, 0.5) is 0 Å². The van der Waals surface area contributed by atoms with Crippen molar-refractivity contribution in [3.8, 4) is 11.4 Å². The van der Waals surface area contributed by atoms with Crippen molar-refractivity contribution in [3.05, 3.63) is 95.6 Å². The van der Waals surface area contributed by atoms with Gasteiger partial charge in [0.2, 0.25) is 11.1 Å². The van der Waals surface area contributed by atoms with Crippen molar-refractivity contribution >= 4 is 17.7 Å². The van der Waals surface area contributed by atoms with Gasteiger partial charge in [-0.3, -0.25) is 4.79 Å². The van der Waals surface area contributed by atoms with Crippen LogP contribution in [0.3, 0.4) is 0 Å². The molecule has 0 aliphatic carbocycles. The second-order valence-electron chi connectivity index (χ2n) is 7.57. The van der Waals surface area contributed by atoms with Crippen LogP contribution in [0, 0.1) is 6.92 Å². The van der Waals surface area contributed by atoms with Crippen molar-refractivity contribution in [2.75, 3.05) is 7.11 Å². The molecule has 168 valence electrons. The zero-order valence-electron chi connectivity index (χ0n) is 18.7. The maximum atomic E-state index is 13.2. The number of carbonyl (C=O) groups is 1. The number of rotatable bonds is 8. The van der Waals surface area contributed by atoms with Gasteiger partial charge in [-0.15, -0.1) is 5.10 Å². The molecule has 4 aromatic rings. The van der Waals surface area contributed by atoms with Crippen LogP contribution in [0.1, 0.15) is 29.7 Å². The number of nitrogens with one attached hydrogen (secondary N) is 1. The average molecular weight is 460 g/mol. The van der Waals surface area contributed by atoms with Crippen molar-refractivity contribution < 1.29 is 9.53 Å². The molecule has 7 nitrogen and oxygen atoms in total. The molecule has 0 bridgehead atoms. The molecule has 1 N–H and O–H groups in total. The van der Waals surface area contributed by atoms with E-state index in [4.69, 9.17) is 4.74 Å². The molecule has 0 fully saturated rings. The molecule has 0 saturated heterocycles. The van der Waals surface area contributed by atoms with E-state index in [0.29, 0.717) is 10.9 Å². The quantitative estimate of drug-likeness (QED) is 0.394. The third-order valence-electron chi connectivity index (χ3n) is 5.21. The molecule has 1 amide bonds. The van der Waals surface area contributed by atoms with Gasteiger partial charge in [-0.1, -0.05) is 78.5 Å². The molecule has 8 heteroatoms. The first-order valence-electron chi connectivity index (χ1n) is 10.6. The van der Waals surface area contributed by atoms with Crippen molar-refractivity contribution in [1.82, 2.24) is 25.5 Å². The number of ether oxygens (including phenoxy) is 1. The lowest BCUT2D eigenvalue weighted by atomic mass is 9.98. The van der Waals surface area contributed by atoms with Crippen LogP contribution in [-0.4, -0.2) is 38.5 Å².